The van der Waals surface area contributed by atoms with Crippen LogP contribution in [0.5, 0.6) is 0 Å². The molecule has 1 N–H and O–H groups in total. The maximum absolute atomic E-state index is 14.2. The Bertz CT molecular complexity index is 1850. The van der Waals surface area contributed by atoms with E-state index in [4.69, 9.17) is 17.8 Å². The summed E-state index contributed by atoms with van der Waals surface area (Å²) in [5.41, 5.74) is 0.814. The minimum absolute atomic E-state index is 0.0138. The number of anilines is 1. The van der Waals surface area contributed by atoms with Crippen LogP contribution in [0.1, 0.15) is 89.7 Å². The molecule has 3 aromatic rings. The van der Waals surface area contributed by atoms with Crippen LogP contribution < -0.4 is 4.90 Å². The average molecular weight is 496 g/mol. The molecule has 0 saturated carbocycles. The lowest BCUT2D eigenvalue weighted by molar-refractivity contribution is 0.0115. The lowest BCUT2D eigenvalue weighted by atomic mass is 9.70. The number of aryl methyl sites for hydroxylation is 1. The summed E-state index contributed by atoms with van der Waals surface area (Å²) in [4.78, 5) is 19.7. The maximum Gasteiger partial charge on any atom is 0.195 e. The summed E-state index contributed by atoms with van der Waals surface area (Å²) < 4.78 is 114. The molecule has 36 heavy (non-hydrogen) atoms. The Morgan fingerprint density at radius 2 is 2.06 bits per heavy atom. The summed E-state index contributed by atoms with van der Waals surface area (Å²) in [7, 11) is 0. The fraction of sp³-hybridized carbons (Fsp3) is 0.467. The van der Waals surface area contributed by atoms with E-state index in [0.29, 0.717) is 38.3 Å². The summed E-state index contributed by atoms with van der Waals surface area (Å²) in [6, 6.07) is 8.82. The standard InChI is InChI=1S/C30H34N4O2/c1-4-20-16-23-24(17-26(20)34-9-7-21(8-10-34)33-11-13-36-14-12-33)30(2,3)29-27(28(23)35)22-6-5-19(18-31)15-25(22)32-29/h5-6,15-17,21,32H,4,7-14H2,1-3H3/i1D,2D,3D,4D2,11D2,12D2,13D2,14D2. The molecule has 186 valence electrons. The van der Waals surface area contributed by atoms with Crippen molar-refractivity contribution in [3.63, 3.8) is 0 Å². The van der Waals surface area contributed by atoms with Crippen LogP contribution in [-0.4, -0.2) is 60.9 Å². The van der Waals surface area contributed by atoms with Gasteiger partial charge in [0.2, 0.25) is 0 Å². The number of nitrogens with zero attached hydrogens (tertiary/aromatic N) is 3. The van der Waals surface area contributed by atoms with Gasteiger partial charge >= 0.3 is 0 Å². The molecule has 1 aliphatic carbocycles. The van der Waals surface area contributed by atoms with Gasteiger partial charge in [0.15, 0.2) is 5.78 Å². The molecular formula is C30H34N4O2. The van der Waals surface area contributed by atoms with E-state index in [1.165, 1.54) is 6.07 Å². The van der Waals surface area contributed by atoms with Crippen LogP contribution in [-0.2, 0) is 16.5 Å². The molecule has 2 aromatic carbocycles. The van der Waals surface area contributed by atoms with Gasteiger partial charge in [0.1, 0.15) is 0 Å². The van der Waals surface area contributed by atoms with Gasteiger partial charge in [-0.05, 0) is 54.6 Å². The molecule has 3 aliphatic rings. The number of aromatic nitrogens is 1. The molecule has 0 amide bonds. The summed E-state index contributed by atoms with van der Waals surface area (Å²) in [6.07, 6.45) is -2.22. The van der Waals surface area contributed by atoms with E-state index in [1.807, 2.05) is 0 Å². The first kappa shape index (κ1) is 12.9. The molecule has 2 saturated heterocycles. The Morgan fingerprint density at radius 1 is 1.25 bits per heavy atom. The molecular weight excluding hydrogens is 448 g/mol. The number of H-pyrrole nitrogens is 1. The van der Waals surface area contributed by atoms with Gasteiger partial charge in [0.25, 0.3) is 0 Å². The van der Waals surface area contributed by atoms with Gasteiger partial charge in [0.05, 0.1) is 35.8 Å². The Hall–Kier alpha value is -3.14. The summed E-state index contributed by atoms with van der Waals surface area (Å²) in [5.74, 6) is -0.453. The van der Waals surface area contributed by atoms with E-state index in [9.17, 15) is 10.1 Å². The Kier molecular flexibility index (Phi) is 3.14. The second-order valence-electron chi connectivity index (χ2n) is 9.37. The monoisotopic (exact) mass is 495 g/mol. The number of ether oxygens (including phenoxy) is 1. The highest BCUT2D eigenvalue weighted by atomic mass is 16.5. The predicted molar refractivity (Wildman–Crippen MR) is 142 cm³/mol. The Morgan fingerprint density at radius 3 is 2.78 bits per heavy atom. The number of rotatable bonds is 3. The van der Waals surface area contributed by atoms with Crippen LogP contribution in [0.3, 0.4) is 0 Å². The van der Waals surface area contributed by atoms with Crippen molar-refractivity contribution in [1.82, 2.24) is 9.88 Å². The molecule has 0 bridgehead atoms. The third-order valence-electron chi connectivity index (χ3n) is 7.32. The van der Waals surface area contributed by atoms with Crippen molar-refractivity contribution in [3.8, 4) is 6.07 Å². The topological polar surface area (TPSA) is 72.4 Å². The Balaban J connectivity index is 1.45. The van der Waals surface area contributed by atoms with Crippen molar-refractivity contribution in [2.75, 3.05) is 44.1 Å². The molecule has 0 spiro atoms. The third kappa shape index (κ3) is 3.56. The van der Waals surface area contributed by atoms with Gasteiger partial charge in [0, 0.05) is 77.7 Å². The van der Waals surface area contributed by atoms with E-state index < -0.39 is 56.6 Å². The molecule has 0 atom stereocenters. The van der Waals surface area contributed by atoms with Crippen LogP contribution >= 0.6 is 0 Å². The minimum atomic E-state index is -3.19. The molecule has 6 nitrogen and oxygen atoms in total. The molecule has 2 aliphatic heterocycles. The maximum atomic E-state index is 14.2. The van der Waals surface area contributed by atoms with Gasteiger partial charge in [-0.25, -0.2) is 0 Å². The number of fused-ring (bicyclic) bond motifs is 4. The van der Waals surface area contributed by atoms with Crippen molar-refractivity contribution < 1.29 is 27.4 Å². The fourth-order valence-electron chi connectivity index (χ4n) is 5.45. The van der Waals surface area contributed by atoms with Crippen molar-refractivity contribution in [3.05, 3.63) is 63.8 Å². The number of morpholine rings is 1. The molecule has 6 rings (SSSR count). The van der Waals surface area contributed by atoms with Gasteiger partial charge in [-0.15, -0.1) is 0 Å². The number of piperidine rings is 1. The largest absolute Gasteiger partial charge is 0.379 e. The normalized spacial score (nSPS) is 31.5. The van der Waals surface area contributed by atoms with Gasteiger partial charge in [-0.3, -0.25) is 9.69 Å². The number of ketones is 1. The zero-order chi connectivity index (χ0) is 36.1. The number of carbonyl (C=O) groups excluding carboxylic acids is 1. The predicted octanol–water partition coefficient (Wildman–Crippen LogP) is 4.77. The summed E-state index contributed by atoms with van der Waals surface area (Å²) in [6.45, 7) is -13.7. The number of hydrogen-bond donors (Lipinski definition) is 1. The molecule has 2 fully saturated rings. The number of carbonyl (C=O) groups is 1. The van der Waals surface area contributed by atoms with Crippen LogP contribution in [0.2, 0.25) is 0 Å². The first-order valence-corrected chi connectivity index (χ1v) is 11.7. The van der Waals surface area contributed by atoms with Gasteiger partial charge in [-0.2, -0.15) is 5.26 Å². The van der Waals surface area contributed by atoms with Crippen molar-refractivity contribution in [2.24, 2.45) is 0 Å². The van der Waals surface area contributed by atoms with Crippen molar-refractivity contribution >= 4 is 22.4 Å². The second-order valence-corrected chi connectivity index (χ2v) is 9.37. The van der Waals surface area contributed by atoms with Gasteiger partial charge in [-0.1, -0.05) is 26.8 Å². The first-order chi connectivity index (χ1) is 22.7. The highest BCUT2D eigenvalue weighted by Gasteiger charge is 2.40. The number of aromatic amines is 1. The third-order valence-corrected chi connectivity index (χ3v) is 7.32. The highest BCUT2D eigenvalue weighted by Crippen LogP contribution is 2.46. The van der Waals surface area contributed by atoms with Crippen LogP contribution in [0.25, 0.3) is 10.9 Å². The molecule has 6 heteroatoms. The van der Waals surface area contributed by atoms with Crippen LogP contribution in [0, 0.1) is 11.3 Å². The smallest absolute Gasteiger partial charge is 0.195 e. The van der Waals surface area contributed by atoms with Gasteiger partial charge < -0.3 is 14.6 Å². The average Bonchev–Trinajstić information content (AvgIpc) is 3.43. The van der Waals surface area contributed by atoms with E-state index in [-0.39, 0.29) is 56.4 Å². The minimum Gasteiger partial charge on any atom is -0.379 e. The lowest BCUT2D eigenvalue weighted by Crippen LogP contribution is -2.49. The fourth-order valence-corrected chi connectivity index (χ4v) is 5.45. The Labute approximate surface area is 231 Å². The summed E-state index contributed by atoms with van der Waals surface area (Å²) >= 11 is 0. The number of nitriles is 1. The van der Waals surface area contributed by atoms with E-state index in [2.05, 4.69) is 15.8 Å². The second kappa shape index (κ2) is 8.76. The highest BCUT2D eigenvalue weighted by molar-refractivity contribution is 6.20. The molecule has 1 aromatic heterocycles. The zero-order valence-corrected chi connectivity index (χ0v) is 19.6. The van der Waals surface area contributed by atoms with E-state index in [1.54, 1.807) is 29.2 Å². The van der Waals surface area contributed by atoms with Crippen LogP contribution in [0.4, 0.5) is 5.69 Å². The van der Waals surface area contributed by atoms with Crippen molar-refractivity contribution in [1.29, 1.82) is 5.26 Å². The molecule has 0 radical (unpaired) electrons. The molecule has 0 unspecified atom stereocenters. The lowest BCUT2D eigenvalue weighted by Gasteiger charge is -2.42. The SMILES string of the molecule is [2H]CC([2H])([2H])c1cc2c(cc1N1CCC(N3C([2H])([2H])C([2H])([2H])OC([2H])([2H])C3([2H])[2H])CC1)C(C[2H])(C[2H])c1[nH]c3cc(C#N)ccc3c1C2=O. The molecule has 3 heterocycles. The summed E-state index contributed by atoms with van der Waals surface area (Å²) in [5, 5.41) is 9.94. The quantitative estimate of drug-likeness (QED) is 0.567. The van der Waals surface area contributed by atoms with E-state index in [0.717, 1.165) is 0 Å². The number of benzene rings is 2. The number of nitrogens with one attached hydrogen (secondary N) is 1. The zero-order valence-electron chi connectivity index (χ0n) is 32.6. The van der Waals surface area contributed by atoms with Crippen LogP contribution in [0.15, 0.2) is 30.3 Å². The number of hydrogen-bond acceptors (Lipinski definition) is 5. The van der Waals surface area contributed by atoms with E-state index >= 15 is 0 Å². The first-order valence-electron chi connectivity index (χ1n) is 18.8. The van der Waals surface area contributed by atoms with Crippen molar-refractivity contribution in [2.45, 2.75) is 51.4 Å².